The van der Waals surface area contributed by atoms with Crippen LogP contribution in [0.25, 0.3) is 12.2 Å². The minimum absolute atomic E-state index is 0.0505. The Balaban J connectivity index is 1.47. The first kappa shape index (κ1) is 17.4. The van der Waals surface area contributed by atoms with Crippen molar-refractivity contribution in [3.05, 3.63) is 52.7 Å². The van der Waals surface area contributed by atoms with Crippen LogP contribution in [0.1, 0.15) is 23.2 Å². The lowest BCUT2D eigenvalue weighted by Gasteiger charge is -2.21. The third-order valence-electron chi connectivity index (χ3n) is 4.89. The van der Waals surface area contributed by atoms with Crippen LogP contribution >= 0.6 is 0 Å². The minimum atomic E-state index is 0.0505. The summed E-state index contributed by atoms with van der Waals surface area (Å²) in [4.78, 5) is 21.5. The van der Waals surface area contributed by atoms with Gasteiger partial charge in [-0.2, -0.15) is 4.98 Å². The number of fused-ring (bicyclic) bond motifs is 1. The Morgan fingerprint density at radius 1 is 1.15 bits per heavy atom. The van der Waals surface area contributed by atoms with E-state index in [9.17, 15) is 4.79 Å². The van der Waals surface area contributed by atoms with Gasteiger partial charge in [0.15, 0.2) is 5.42 Å². The molecule has 6 heteroatoms. The molecule has 1 aliphatic heterocycles. The molecule has 1 saturated heterocycles. The normalized spacial score (nSPS) is 16.6. The van der Waals surface area contributed by atoms with Crippen molar-refractivity contribution in [2.75, 3.05) is 38.2 Å². The summed E-state index contributed by atoms with van der Waals surface area (Å²) in [5.41, 5.74) is 1.51. The summed E-state index contributed by atoms with van der Waals surface area (Å²) in [5, 5.41) is 0.870. The molecule has 1 aromatic heterocycles. The number of aromatic nitrogens is 1. The molecule has 2 aliphatic rings. The van der Waals surface area contributed by atoms with E-state index in [1.54, 1.807) is 7.11 Å². The molecule has 0 saturated carbocycles. The Morgan fingerprint density at radius 2 is 2.00 bits per heavy atom. The van der Waals surface area contributed by atoms with Crippen molar-refractivity contribution in [1.82, 2.24) is 9.88 Å². The number of anilines is 1. The van der Waals surface area contributed by atoms with Crippen LogP contribution in [0.15, 0.2) is 40.8 Å². The van der Waals surface area contributed by atoms with E-state index in [0.29, 0.717) is 24.7 Å². The van der Waals surface area contributed by atoms with E-state index in [0.717, 1.165) is 42.4 Å². The lowest BCUT2D eigenvalue weighted by atomic mass is 10.2. The number of nitrogens with zero attached hydrogens (tertiary/aromatic N) is 3. The largest absolute Gasteiger partial charge is 0.497 e. The van der Waals surface area contributed by atoms with Gasteiger partial charge in [-0.15, -0.1) is 0 Å². The summed E-state index contributed by atoms with van der Waals surface area (Å²) in [7, 11) is 1.62. The molecule has 27 heavy (non-hydrogen) atoms. The van der Waals surface area contributed by atoms with Gasteiger partial charge < -0.3 is 19.0 Å². The average Bonchev–Trinajstić information content (AvgIpc) is 2.88. The predicted molar refractivity (Wildman–Crippen MR) is 104 cm³/mol. The lowest BCUT2D eigenvalue weighted by molar-refractivity contribution is 0.0767. The molecule has 140 valence electrons. The Hall–Kier alpha value is -3.02. The first-order chi connectivity index (χ1) is 13.2. The first-order valence-corrected chi connectivity index (χ1v) is 9.27. The van der Waals surface area contributed by atoms with E-state index in [2.05, 4.69) is 16.0 Å². The Bertz CT molecular complexity index is 960. The van der Waals surface area contributed by atoms with Crippen molar-refractivity contribution in [1.29, 1.82) is 0 Å². The van der Waals surface area contributed by atoms with Gasteiger partial charge in [0.05, 0.1) is 7.11 Å². The number of hydrogen-bond donors (Lipinski definition) is 0. The van der Waals surface area contributed by atoms with Crippen LogP contribution in [0.5, 0.6) is 5.75 Å². The zero-order valence-corrected chi connectivity index (χ0v) is 15.4. The smallest absolute Gasteiger partial charge is 0.298 e. The van der Waals surface area contributed by atoms with Crippen molar-refractivity contribution < 1.29 is 13.9 Å². The van der Waals surface area contributed by atoms with Gasteiger partial charge in [0.25, 0.3) is 11.9 Å². The molecule has 0 N–H and O–H groups in total. The highest BCUT2D eigenvalue weighted by Gasteiger charge is 2.22. The van der Waals surface area contributed by atoms with E-state index in [1.165, 1.54) is 0 Å². The van der Waals surface area contributed by atoms with Gasteiger partial charge >= 0.3 is 0 Å². The SMILES string of the molecule is COc1ccc(C(=O)N2CCCN(c3nc4c(o3)=CCC=CC=4)CC2)cc1. The highest BCUT2D eigenvalue weighted by Crippen LogP contribution is 2.16. The molecule has 2 aromatic rings. The Morgan fingerprint density at radius 3 is 2.81 bits per heavy atom. The number of benzene rings is 1. The molecular weight excluding hydrogens is 342 g/mol. The van der Waals surface area contributed by atoms with Crippen LogP contribution in [0, 0.1) is 0 Å². The van der Waals surface area contributed by atoms with E-state index >= 15 is 0 Å². The fourth-order valence-corrected chi connectivity index (χ4v) is 3.37. The fourth-order valence-electron chi connectivity index (χ4n) is 3.37. The molecule has 0 bridgehead atoms. The number of oxazole rings is 1. The molecule has 2 heterocycles. The molecule has 1 aliphatic carbocycles. The van der Waals surface area contributed by atoms with Gasteiger partial charge in [-0.3, -0.25) is 4.79 Å². The molecule has 0 atom stereocenters. The monoisotopic (exact) mass is 365 g/mol. The van der Waals surface area contributed by atoms with Crippen molar-refractivity contribution in [2.45, 2.75) is 12.8 Å². The van der Waals surface area contributed by atoms with Gasteiger partial charge in [0, 0.05) is 31.7 Å². The fraction of sp³-hybridized carbons (Fsp3) is 0.333. The highest BCUT2D eigenvalue weighted by molar-refractivity contribution is 5.94. The molecule has 0 radical (unpaired) electrons. The maximum atomic E-state index is 12.8. The number of carbonyl (C=O) groups excluding carboxylic acids is 1. The summed E-state index contributed by atoms with van der Waals surface area (Å²) in [6.07, 6.45) is 9.83. The number of ether oxygens (including phenoxy) is 1. The molecule has 6 nitrogen and oxygen atoms in total. The molecule has 4 rings (SSSR count). The van der Waals surface area contributed by atoms with Gasteiger partial charge in [-0.1, -0.05) is 12.2 Å². The molecule has 1 amide bonds. The van der Waals surface area contributed by atoms with Crippen molar-refractivity contribution in [2.24, 2.45) is 0 Å². The van der Waals surface area contributed by atoms with Gasteiger partial charge in [0.2, 0.25) is 0 Å². The van der Waals surface area contributed by atoms with Crippen LogP contribution in [0.3, 0.4) is 0 Å². The summed E-state index contributed by atoms with van der Waals surface area (Å²) in [6.45, 7) is 2.90. The standard InChI is InChI=1S/C21H23N3O3/c1-26-17-10-8-16(9-11-17)20(25)23-12-5-13-24(15-14-23)21-22-18-6-3-2-4-7-19(18)27-21/h2-3,6-11H,4-5,12-15H2,1H3. The summed E-state index contributed by atoms with van der Waals surface area (Å²) in [6, 6.07) is 7.90. The van der Waals surface area contributed by atoms with E-state index in [4.69, 9.17) is 9.15 Å². The second-order valence-corrected chi connectivity index (χ2v) is 6.64. The molecule has 1 fully saturated rings. The summed E-state index contributed by atoms with van der Waals surface area (Å²) >= 11 is 0. The van der Waals surface area contributed by atoms with Crippen molar-refractivity contribution in [3.63, 3.8) is 0 Å². The second-order valence-electron chi connectivity index (χ2n) is 6.64. The van der Waals surface area contributed by atoms with E-state index < -0.39 is 0 Å². The minimum Gasteiger partial charge on any atom is -0.497 e. The Kier molecular flexibility index (Phi) is 4.96. The van der Waals surface area contributed by atoms with Crippen LogP contribution in [-0.2, 0) is 0 Å². The topological polar surface area (TPSA) is 58.8 Å². The van der Waals surface area contributed by atoms with Crippen LogP contribution in [0.2, 0.25) is 0 Å². The molecular formula is C21H23N3O3. The van der Waals surface area contributed by atoms with Gasteiger partial charge in [-0.05, 0) is 49.3 Å². The summed E-state index contributed by atoms with van der Waals surface area (Å²) < 4.78 is 11.1. The Labute approximate surface area is 158 Å². The molecule has 0 unspecified atom stereocenters. The van der Waals surface area contributed by atoms with Crippen LogP contribution in [0.4, 0.5) is 6.01 Å². The van der Waals surface area contributed by atoms with E-state index in [-0.39, 0.29) is 5.91 Å². The van der Waals surface area contributed by atoms with Gasteiger partial charge in [-0.25, -0.2) is 0 Å². The molecule has 1 aromatic carbocycles. The number of rotatable bonds is 3. The highest BCUT2D eigenvalue weighted by atomic mass is 16.5. The van der Waals surface area contributed by atoms with Crippen LogP contribution in [-0.4, -0.2) is 49.1 Å². The zero-order chi connectivity index (χ0) is 18.6. The number of allylic oxidation sites excluding steroid dienone is 2. The maximum Gasteiger partial charge on any atom is 0.298 e. The third kappa shape index (κ3) is 3.74. The average molecular weight is 365 g/mol. The number of carbonyl (C=O) groups is 1. The second kappa shape index (κ2) is 7.70. The zero-order valence-electron chi connectivity index (χ0n) is 15.4. The predicted octanol–water partition coefficient (Wildman–Crippen LogP) is 1.56. The number of hydrogen-bond acceptors (Lipinski definition) is 5. The third-order valence-corrected chi connectivity index (χ3v) is 4.89. The number of methoxy groups -OCH3 is 1. The van der Waals surface area contributed by atoms with Crippen molar-refractivity contribution >= 4 is 24.1 Å². The lowest BCUT2D eigenvalue weighted by Crippen LogP contribution is -2.35. The molecule has 0 spiro atoms. The maximum absolute atomic E-state index is 12.8. The van der Waals surface area contributed by atoms with Crippen molar-refractivity contribution in [3.8, 4) is 5.75 Å². The summed E-state index contributed by atoms with van der Waals surface area (Å²) in [5.74, 6) is 0.801. The quantitative estimate of drug-likeness (QED) is 0.826. The first-order valence-electron chi connectivity index (χ1n) is 9.27. The number of amides is 1. The van der Waals surface area contributed by atoms with E-state index in [1.807, 2.05) is 47.4 Å². The van der Waals surface area contributed by atoms with Crippen LogP contribution < -0.4 is 20.4 Å². The van der Waals surface area contributed by atoms with Gasteiger partial charge in [0.1, 0.15) is 11.1 Å².